The molecule has 0 unspecified atom stereocenters. The second-order valence-electron chi connectivity index (χ2n) is 3.52. The van der Waals surface area contributed by atoms with Crippen LogP contribution >= 0.6 is 11.6 Å². The molecule has 0 aliphatic heterocycles. The van der Waals surface area contributed by atoms with Crippen molar-refractivity contribution in [3.63, 3.8) is 0 Å². The van der Waals surface area contributed by atoms with Crippen LogP contribution in [0.3, 0.4) is 0 Å². The third kappa shape index (κ3) is 3.01. The van der Waals surface area contributed by atoms with Crippen molar-refractivity contribution in [2.24, 2.45) is 0 Å². The summed E-state index contributed by atoms with van der Waals surface area (Å²) in [6.45, 7) is 1.97. The predicted molar refractivity (Wildman–Crippen MR) is 62.6 cm³/mol. The summed E-state index contributed by atoms with van der Waals surface area (Å²) in [6, 6.07) is 5.34. The van der Waals surface area contributed by atoms with Crippen LogP contribution in [0.1, 0.15) is 5.56 Å². The molecule has 0 spiro atoms. The van der Waals surface area contributed by atoms with Gasteiger partial charge in [0.15, 0.2) is 0 Å². The Morgan fingerprint density at radius 1 is 1.53 bits per heavy atom. The third-order valence-corrected chi connectivity index (χ3v) is 2.56. The lowest BCUT2D eigenvalue weighted by Crippen LogP contribution is -2.19. The molecular formula is C10H10ClN5O. The first-order chi connectivity index (χ1) is 8.15. The van der Waals surface area contributed by atoms with E-state index in [4.69, 9.17) is 11.6 Å². The molecule has 0 aliphatic carbocycles. The number of rotatable bonds is 3. The van der Waals surface area contributed by atoms with Gasteiger partial charge in [0.2, 0.25) is 5.91 Å². The molecule has 1 amide bonds. The predicted octanol–water partition coefficient (Wildman–Crippen LogP) is 1.27. The van der Waals surface area contributed by atoms with Crippen molar-refractivity contribution < 1.29 is 4.79 Å². The lowest BCUT2D eigenvalue weighted by atomic mass is 10.2. The Kier molecular flexibility index (Phi) is 3.34. The number of carbonyl (C=O) groups excluding carboxylic acids is 1. The second-order valence-corrected chi connectivity index (χ2v) is 3.93. The topological polar surface area (TPSA) is 72.7 Å². The molecule has 0 aliphatic rings. The number of aryl methyl sites for hydroxylation is 1. The van der Waals surface area contributed by atoms with Gasteiger partial charge in [-0.15, -0.1) is 5.10 Å². The Balaban J connectivity index is 2.00. The van der Waals surface area contributed by atoms with Crippen molar-refractivity contribution >= 4 is 23.2 Å². The molecule has 0 fully saturated rings. The number of halogens is 1. The van der Waals surface area contributed by atoms with Crippen molar-refractivity contribution in [3.8, 4) is 0 Å². The van der Waals surface area contributed by atoms with E-state index in [9.17, 15) is 4.79 Å². The molecule has 2 rings (SSSR count). The van der Waals surface area contributed by atoms with Gasteiger partial charge in [-0.1, -0.05) is 17.7 Å². The number of nitrogens with zero attached hydrogens (tertiary/aromatic N) is 4. The largest absolute Gasteiger partial charge is 0.324 e. The van der Waals surface area contributed by atoms with Gasteiger partial charge in [-0.05, 0) is 35.0 Å². The molecule has 88 valence electrons. The van der Waals surface area contributed by atoms with Crippen LogP contribution in [0, 0.1) is 6.92 Å². The first kappa shape index (κ1) is 11.5. The van der Waals surface area contributed by atoms with Gasteiger partial charge >= 0.3 is 0 Å². The van der Waals surface area contributed by atoms with Crippen LogP contribution in [0.2, 0.25) is 5.02 Å². The quantitative estimate of drug-likeness (QED) is 0.892. The van der Waals surface area contributed by atoms with Crippen LogP contribution in [0.25, 0.3) is 0 Å². The Labute approximate surface area is 103 Å². The molecule has 1 N–H and O–H groups in total. The number of carbonyl (C=O) groups is 1. The number of hydrogen-bond donors (Lipinski definition) is 1. The van der Waals surface area contributed by atoms with Gasteiger partial charge in [-0.2, -0.15) is 0 Å². The maximum Gasteiger partial charge on any atom is 0.246 e. The minimum atomic E-state index is -0.211. The minimum Gasteiger partial charge on any atom is -0.324 e. The van der Waals surface area contributed by atoms with Crippen LogP contribution in [-0.2, 0) is 11.3 Å². The van der Waals surface area contributed by atoms with E-state index in [1.807, 2.05) is 13.0 Å². The van der Waals surface area contributed by atoms with Crippen molar-refractivity contribution in [1.29, 1.82) is 0 Å². The van der Waals surface area contributed by atoms with Gasteiger partial charge in [0.05, 0.1) is 0 Å². The molecule has 1 aromatic heterocycles. The maximum absolute atomic E-state index is 11.6. The summed E-state index contributed by atoms with van der Waals surface area (Å²) in [5.74, 6) is -0.211. The molecule has 6 nitrogen and oxygen atoms in total. The number of hydrogen-bond acceptors (Lipinski definition) is 4. The van der Waals surface area contributed by atoms with Gasteiger partial charge in [0.1, 0.15) is 12.9 Å². The van der Waals surface area contributed by atoms with E-state index in [0.29, 0.717) is 10.7 Å². The number of tetrazole rings is 1. The molecular weight excluding hydrogens is 242 g/mol. The zero-order valence-corrected chi connectivity index (χ0v) is 9.85. The van der Waals surface area contributed by atoms with Crippen LogP contribution in [0.4, 0.5) is 5.69 Å². The monoisotopic (exact) mass is 251 g/mol. The summed E-state index contributed by atoms with van der Waals surface area (Å²) < 4.78 is 1.34. The van der Waals surface area contributed by atoms with Crippen LogP contribution < -0.4 is 5.32 Å². The van der Waals surface area contributed by atoms with E-state index >= 15 is 0 Å². The van der Waals surface area contributed by atoms with Crippen LogP contribution in [-0.4, -0.2) is 26.1 Å². The van der Waals surface area contributed by atoms with Crippen LogP contribution in [0.15, 0.2) is 24.5 Å². The van der Waals surface area contributed by atoms with Crippen molar-refractivity contribution in [1.82, 2.24) is 20.2 Å². The number of benzene rings is 1. The van der Waals surface area contributed by atoms with Gasteiger partial charge in [0, 0.05) is 10.7 Å². The number of nitrogens with one attached hydrogen (secondary N) is 1. The lowest BCUT2D eigenvalue weighted by Gasteiger charge is -2.06. The Morgan fingerprint density at radius 3 is 3.00 bits per heavy atom. The lowest BCUT2D eigenvalue weighted by molar-refractivity contribution is -0.116. The van der Waals surface area contributed by atoms with Gasteiger partial charge in [-0.3, -0.25) is 4.79 Å². The summed E-state index contributed by atoms with van der Waals surface area (Å²) in [4.78, 5) is 11.6. The number of aromatic nitrogens is 4. The van der Waals surface area contributed by atoms with Gasteiger partial charge in [0.25, 0.3) is 0 Å². The highest BCUT2D eigenvalue weighted by atomic mass is 35.5. The van der Waals surface area contributed by atoms with Crippen molar-refractivity contribution in [2.45, 2.75) is 13.5 Å². The highest BCUT2D eigenvalue weighted by Gasteiger charge is 2.05. The Hall–Kier alpha value is -1.95. The summed E-state index contributed by atoms with van der Waals surface area (Å²) in [7, 11) is 0. The highest BCUT2D eigenvalue weighted by Crippen LogP contribution is 2.19. The van der Waals surface area contributed by atoms with Crippen molar-refractivity contribution in [2.75, 3.05) is 5.32 Å². The second kappa shape index (κ2) is 4.92. The van der Waals surface area contributed by atoms with E-state index < -0.39 is 0 Å². The fraction of sp³-hybridized carbons (Fsp3) is 0.200. The third-order valence-electron chi connectivity index (χ3n) is 2.15. The highest BCUT2D eigenvalue weighted by molar-refractivity contribution is 6.31. The van der Waals surface area contributed by atoms with E-state index in [1.165, 1.54) is 11.0 Å². The van der Waals surface area contributed by atoms with Gasteiger partial charge < -0.3 is 5.32 Å². The standard InChI is InChI=1S/C10H10ClN5O/c1-7-2-3-8(4-9(7)11)13-10(17)5-16-6-12-14-15-16/h2-4,6H,5H2,1H3,(H,13,17). The first-order valence-corrected chi connectivity index (χ1v) is 5.30. The molecule has 0 saturated carbocycles. The SMILES string of the molecule is Cc1ccc(NC(=O)Cn2cnnn2)cc1Cl. The molecule has 0 atom stereocenters. The molecule has 0 radical (unpaired) electrons. The summed E-state index contributed by atoms with van der Waals surface area (Å²) >= 11 is 5.95. The zero-order chi connectivity index (χ0) is 12.3. The smallest absolute Gasteiger partial charge is 0.246 e. The molecule has 0 saturated heterocycles. The van der Waals surface area contributed by atoms with Crippen molar-refractivity contribution in [3.05, 3.63) is 35.1 Å². The summed E-state index contributed by atoms with van der Waals surface area (Å²) in [5.41, 5.74) is 1.61. The number of anilines is 1. The molecule has 1 heterocycles. The van der Waals surface area contributed by atoms with E-state index in [-0.39, 0.29) is 12.5 Å². The van der Waals surface area contributed by atoms with E-state index in [1.54, 1.807) is 12.1 Å². The Bertz CT molecular complexity index is 525. The Morgan fingerprint density at radius 2 is 2.35 bits per heavy atom. The maximum atomic E-state index is 11.6. The van der Waals surface area contributed by atoms with E-state index in [0.717, 1.165) is 5.56 Å². The minimum absolute atomic E-state index is 0.0680. The molecule has 17 heavy (non-hydrogen) atoms. The molecule has 1 aromatic carbocycles. The van der Waals surface area contributed by atoms with E-state index in [2.05, 4.69) is 20.8 Å². The average Bonchev–Trinajstić information content (AvgIpc) is 2.76. The summed E-state index contributed by atoms with van der Waals surface area (Å²) in [6.07, 6.45) is 1.38. The molecule has 0 bridgehead atoms. The van der Waals surface area contributed by atoms with Gasteiger partial charge in [-0.25, -0.2) is 4.68 Å². The fourth-order valence-electron chi connectivity index (χ4n) is 1.27. The zero-order valence-electron chi connectivity index (χ0n) is 9.09. The number of amides is 1. The molecule has 7 heteroatoms. The molecule has 2 aromatic rings. The normalized spacial score (nSPS) is 10.2. The first-order valence-electron chi connectivity index (χ1n) is 4.92. The summed E-state index contributed by atoms with van der Waals surface area (Å²) in [5, 5.41) is 13.8. The average molecular weight is 252 g/mol. The van der Waals surface area contributed by atoms with Crippen LogP contribution in [0.5, 0.6) is 0 Å². The fourth-order valence-corrected chi connectivity index (χ4v) is 1.45.